The molecule has 1 N–H and O–H groups in total. The minimum Gasteiger partial charge on any atom is -0.459 e. The number of thiazole rings is 1. The molecule has 1 amide bonds. The molecule has 3 aromatic heterocycles. The number of nitrogens with one attached hydrogen (secondary N) is 1. The van der Waals surface area contributed by atoms with Gasteiger partial charge in [0.25, 0.3) is 11.1 Å². The monoisotopic (exact) mass is 418 g/mol. The van der Waals surface area contributed by atoms with Crippen LogP contribution >= 0.6 is 34.7 Å². The van der Waals surface area contributed by atoms with Crippen molar-refractivity contribution in [2.75, 3.05) is 11.1 Å². The molecule has 0 spiro atoms. The SMILES string of the molecule is O=C(CSc1nnc(-c2ccco2)o1)Nc1nc(-c2ccc(Cl)cc2)cs1. The molecule has 0 saturated heterocycles. The lowest BCUT2D eigenvalue weighted by Crippen LogP contribution is -2.13. The van der Waals surface area contributed by atoms with Gasteiger partial charge in [0.1, 0.15) is 0 Å². The maximum atomic E-state index is 12.1. The van der Waals surface area contributed by atoms with Crippen LogP contribution in [0.25, 0.3) is 22.9 Å². The number of rotatable bonds is 6. The average molecular weight is 419 g/mol. The lowest BCUT2D eigenvalue weighted by molar-refractivity contribution is -0.113. The second kappa shape index (κ2) is 7.95. The second-order valence-corrected chi connectivity index (χ2v) is 7.45. The van der Waals surface area contributed by atoms with E-state index in [0.717, 1.165) is 23.0 Å². The molecule has 10 heteroatoms. The van der Waals surface area contributed by atoms with Crippen LogP contribution in [0.3, 0.4) is 0 Å². The fraction of sp³-hybridized carbons (Fsp3) is 0.0588. The van der Waals surface area contributed by atoms with Crippen LogP contribution in [0.4, 0.5) is 5.13 Å². The van der Waals surface area contributed by atoms with Gasteiger partial charge in [-0.15, -0.1) is 21.5 Å². The van der Waals surface area contributed by atoms with Crippen molar-refractivity contribution in [1.29, 1.82) is 0 Å². The fourth-order valence-electron chi connectivity index (χ4n) is 2.13. The molecule has 0 radical (unpaired) electrons. The van der Waals surface area contributed by atoms with Gasteiger partial charge >= 0.3 is 0 Å². The number of nitrogens with zero attached hydrogens (tertiary/aromatic N) is 3. The molecule has 0 bridgehead atoms. The molecule has 7 nitrogen and oxygen atoms in total. The van der Waals surface area contributed by atoms with Crippen LogP contribution in [-0.4, -0.2) is 26.8 Å². The van der Waals surface area contributed by atoms with Gasteiger partial charge in [0.05, 0.1) is 17.7 Å². The van der Waals surface area contributed by atoms with Crippen molar-refractivity contribution < 1.29 is 13.6 Å². The molecule has 4 aromatic rings. The summed E-state index contributed by atoms with van der Waals surface area (Å²) in [7, 11) is 0. The van der Waals surface area contributed by atoms with E-state index in [2.05, 4.69) is 20.5 Å². The van der Waals surface area contributed by atoms with Gasteiger partial charge in [-0.2, -0.15) is 0 Å². The van der Waals surface area contributed by atoms with E-state index in [1.54, 1.807) is 24.3 Å². The summed E-state index contributed by atoms with van der Waals surface area (Å²) in [5.41, 5.74) is 1.71. The van der Waals surface area contributed by atoms with E-state index in [0.29, 0.717) is 15.9 Å². The third-order valence-electron chi connectivity index (χ3n) is 3.36. The molecule has 1 aromatic carbocycles. The van der Waals surface area contributed by atoms with Gasteiger partial charge in [-0.3, -0.25) is 4.79 Å². The molecule has 3 heterocycles. The Kier molecular flexibility index (Phi) is 5.23. The van der Waals surface area contributed by atoms with Crippen LogP contribution < -0.4 is 5.32 Å². The number of carbonyl (C=O) groups is 1. The largest absolute Gasteiger partial charge is 0.459 e. The number of hydrogen-bond donors (Lipinski definition) is 1. The molecule has 136 valence electrons. The number of furan rings is 1. The first kappa shape index (κ1) is 17.8. The van der Waals surface area contributed by atoms with E-state index >= 15 is 0 Å². The van der Waals surface area contributed by atoms with Crippen molar-refractivity contribution in [2.24, 2.45) is 0 Å². The highest BCUT2D eigenvalue weighted by Crippen LogP contribution is 2.27. The van der Waals surface area contributed by atoms with Gasteiger partial charge in [0.15, 0.2) is 10.9 Å². The van der Waals surface area contributed by atoms with E-state index in [-0.39, 0.29) is 22.8 Å². The number of anilines is 1. The van der Waals surface area contributed by atoms with E-state index in [4.69, 9.17) is 20.4 Å². The lowest BCUT2D eigenvalue weighted by Gasteiger charge is -1.99. The molecule has 0 aliphatic rings. The Labute approximate surface area is 166 Å². The minimum absolute atomic E-state index is 0.121. The summed E-state index contributed by atoms with van der Waals surface area (Å²) in [5.74, 6) is 0.664. The second-order valence-electron chi connectivity index (χ2n) is 5.23. The number of hydrogen-bond acceptors (Lipinski definition) is 8. The molecule has 27 heavy (non-hydrogen) atoms. The standard InChI is InChI=1S/C17H11ClN4O3S2/c18-11-5-3-10(4-6-11)12-8-26-16(19-12)20-14(23)9-27-17-22-21-15(25-17)13-2-1-7-24-13/h1-8H,9H2,(H,19,20,23). The maximum absolute atomic E-state index is 12.1. The summed E-state index contributed by atoms with van der Waals surface area (Å²) in [6, 6.07) is 10.8. The number of aromatic nitrogens is 3. The first-order valence-electron chi connectivity index (χ1n) is 7.69. The van der Waals surface area contributed by atoms with Crippen molar-refractivity contribution in [3.05, 3.63) is 53.1 Å². The van der Waals surface area contributed by atoms with E-state index in [9.17, 15) is 4.79 Å². The molecule has 0 saturated carbocycles. The normalized spacial score (nSPS) is 10.9. The number of halogens is 1. The van der Waals surface area contributed by atoms with Gasteiger partial charge < -0.3 is 14.2 Å². The van der Waals surface area contributed by atoms with Crippen molar-refractivity contribution in [3.63, 3.8) is 0 Å². The Morgan fingerprint density at radius 3 is 2.85 bits per heavy atom. The summed E-state index contributed by atoms with van der Waals surface area (Å²) in [5, 5.41) is 13.9. The Bertz CT molecular complexity index is 1040. The molecule has 0 aliphatic heterocycles. The molecule has 0 unspecified atom stereocenters. The van der Waals surface area contributed by atoms with Crippen molar-refractivity contribution in [3.8, 4) is 22.9 Å². The molecule has 4 rings (SSSR count). The topological polar surface area (TPSA) is 94.0 Å². The predicted molar refractivity (Wildman–Crippen MR) is 104 cm³/mol. The van der Waals surface area contributed by atoms with Gasteiger partial charge in [-0.1, -0.05) is 35.5 Å². The fourth-order valence-corrected chi connectivity index (χ4v) is 3.56. The number of carbonyl (C=O) groups excluding carboxylic acids is 1. The quantitative estimate of drug-likeness (QED) is 0.448. The van der Waals surface area contributed by atoms with Gasteiger partial charge in [-0.05, 0) is 24.3 Å². The van der Waals surface area contributed by atoms with Gasteiger partial charge in [-0.25, -0.2) is 4.98 Å². The highest BCUT2D eigenvalue weighted by atomic mass is 35.5. The summed E-state index contributed by atoms with van der Waals surface area (Å²) in [6.45, 7) is 0. The lowest BCUT2D eigenvalue weighted by atomic mass is 10.2. The Balaban J connectivity index is 1.33. The van der Waals surface area contributed by atoms with Crippen LogP contribution in [0.15, 0.2) is 62.1 Å². The van der Waals surface area contributed by atoms with E-state index in [1.165, 1.54) is 17.6 Å². The van der Waals surface area contributed by atoms with Crippen molar-refractivity contribution in [2.45, 2.75) is 5.22 Å². The van der Waals surface area contributed by atoms with Crippen LogP contribution in [0.5, 0.6) is 0 Å². The third kappa shape index (κ3) is 4.38. The summed E-state index contributed by atoms with van der Waals surface area (Å²) in [4.78, 5) is 16.5. The Hall–Kier alpha value is -2.62. The summed E-state index contributed by atoms with van der Waals surface area (Å²) >= 11 is 8.38. The van der Waals surface area contributed by atoms with Crippen molar-refractivity contribution >= 4 is 45.7 Å². The van der Waals surface area contributed by atoms with Crippen LogP contribution in [0.1, 0.15) is 0 Å². The highest BCUT2D eigenvalue weighted by Gasteiger charge is 2.14. The zero-order valence-corrected chi connectivity index (χ0v) is 16.0. The summed E-state index contributed by atoms with van der Waals surface area (Å²) < 4.78 is 10.6. The van der Waals surface area contributed by atoms with Gasteiger partial charge in [0, 0.05) is 16.0 Å². The van der Waals surface area contributed by atoms with Crippen LogP contribution in [0.2, 0.25) is 5.02 Å². The minimum atomic E-state index is -0.213. The van der Waals surface area contributed by atoms with Gasteiger partial charge in [0.2, 0.25) is 5.91 Å². The number of benzene rings is 1. The predicted octanol–water partition coefficient (Wildman–Crippen LogP) is 4.84. The highest BCUT2D eigenvalue weighted by molar-refractivity contribution is 7.99. The Morgan fingerprint density at radius 2 is 2.07 bits per heavy atom. The van der Waals surface area contributed by atoms with E-state index in [1.807, 2.05) is 17.5 Å². The zero-order valence-electron chi connectivity index (χ0n) is 13.6. The number of thioether (sulfide) groups is 1. The van der Waals surface area contributed by atoms with Crippen LogP contribution in [0, 0.1) is 0 Å². The van der Waals surface area contributed by atoms with Crippen LogP contribution in [-0.2, 0) is 4.79 Å². The molecular weight excluding hydrogens is 408 g/mol. The Morgan fingerprint density at radius 1 is 1.22 bits per heavy atom. The first-order valence-corrected chi connectivity index (χ1v) is 9.93. The zero-order chi connectivity index (χ0) is 18.6. The van der Waals surface area contributed by atoms with Crippen molar-refractivity contribution in [1.82, 2.24) is 15.2 Å². The average Bonchev–Trinajstić information content (AvgIpc) is 3.42. The smallest absolute Gasteiger partial charge is 0.284 e. The number of amides is 1. The third-order valence-corrected chi connectivity index (χ3v) is 5.18. The van der Waals surface area contributed by atoms with E-state index < -0.39 is 0 Å². The molecule has 0 aliphatic carbocycles. The maximum Gasteiger partial charge on any atom is 0.284 e. The molecular formula is C17H11ClN4O3S2. The molecule has 0 atom stereocenters. The molecule has 0 fully saturated rings. The summed E-state index contributed by atoms with van der Waals surface area (Å²) in [6.07, 6.45) is 1.52. The first-order chi connectivity index (χ1) is 13.2.